The van der Waals surface area contributed by atoms with Crippen molar-refractivity contribution in [1.29, 1.82) is 0 Å². The number of carbonyl (C=O) groups excluding carboxylic acids is 1. The van der Waals surface area contributed by atoms with Crippen LogP contribution in [-0.2, 0) is 17.9 Å². The highest BCUT2D eigenvalue weighted by atomic mass is 16.5. The van der Waals surface area contributed by atoms with E-state index in [-0.39, 0.29) is 5.91 Å². The summed E-state index contributed by atoms with van der Waals surface area (Å²) in [7, 11) is 3.49. The van der Waals surface area contributed by atoms with Gasteiger partial charge in [0, 0.05) is 32.4 Å². The first-order valence-corrected chi connectivity index (χ1v) is 7.86. The van der Waals surface area contributed by atoms with Crippen LogP contribution in [0.5, 0.6) is 5.75 Å². The Balaban J connectivity index is 2.02. The molecule has 0 aliphatic rings. The molecule has 1 amide bonds. The third-order valence-corrected chi connectivity index (χ3v) is 3.70. The maximum Gasteiger partial charge on any atom is 0.222 e. The summed E-state index contributed by atoms with van der Waals surface area (Å²) in [6.45, 7) is 5.35. The van der Waals surface area contributed by atoms with Crippen LogP contribution in [0.15, 0.2) is 36.7 Å². The van der Waals surface area contributed by atoms with Gasteiger partial charge in [-0.3, -0.25) is 4.79 Å². The fourth-order valence-electron chi connectivity index (χ4n) is 2.37. The first-order chi connectivity index (χ1) is 11.0. The standard InChI is InChI=1S/C18H25N3O2/c1-14(2)11-18(22)20(3)13-17-19-9-10-21(17)12-15-5-7-16(23-4)8-6-15/h5-10,14H,11-13H2,1-4H3. The van der Waals surface area contributed by atoms with Crippen molar-refractivity contribution in [3.05, 3.63) is 48.0 Å². The average molecular weight is 315 g/mol. The highest BCUT2D eigenvalue weighted by Gasteiger charge is 2.13. The summed E-state index contributed by atoms with van der Waals surface area (Å²) < 4.78 is 7.25. The Kier molecular flexibility index (Phi) is 5.79. The van der Waals surface area contributed by atoms with Crippen LogP contribution in [-0.4, -0.2) is 34.5 Å². The van der Waals surface area contributed by atoms with E-state index in [1.165, 1.54) is 5.56 Å². The van der Waals surface area contributed by atoms with Crippen molar-refractivity contribution in [3.63, 3.8) is 0 Å². The molecular formula is C18H25N3O2. The molecule has 0 aliphatic heterocycles. The van der Waals surface area contributed by atoms with Crippen molar-refractivity contribution in [2.75, 3.05) is 14.2 Å². The third-order valence-electron chi connectivity index (χ3n) is 3.70. The predicted octanol–water partition coefficient (Wildman–Crippen LogP) is 2.94. The molecule has 0 saturated heterocycles. The third kappa shape index (κ3) is 4.84. The summed E-state index contributed by atoms with van der Waals surface area (Å²) in [5.41, 5.74) is 1.17. The van der Waals surface area contributed by atoms with Crippen molar-refractivity contribution >= 4 is 5.91 Å². The molecule has 0 fully saturated rings. The molecule has 0 aliphatic carbocycles. The lowest BCUT2D eigenvalue weighted by atomic mass is 10.1. The number of ether oxygens (including phenoxy) is 1. The first-order valence-electron chi connectivity index (χ1n) is 7.86. The molecule has 0 N–H and O–H groups in total. The molecule has 124 valence electrons. The summed E-state index contributed by atoms with van der Waals surface area (Å²) in [5.74, 6) is 2.25. The van der Waals surface area contributed by atoms with Crippen molar-refractivity contribution in [3.8, 4) is 5.75 Å². The number of aromatic nitrogens is 2. The van der Waals surface area contributed by atoms with Crippen LogP contribution < -0.4 is 4.74 Å². The number of rotatable bonds is 7. The van der Waals surface area contributed by atoms with Gasteiger partial charge in [0.1, 0.15) is 11.6 Å². The molecule has 0 unspecified atom stereocenters. The molecule has 23 heavy (non-hydrogen) atoms. The van der Waals surface area contributed by atoms with E-state index in [0.29, 0.717) is 18.9 Å². The van der Waals surface area contributed by atoms with Crippen LogP contribution in [0.1, 0.15) is 31.7 Å². The van der Waals surface area contributed by atoms with E-state index in [9.17, 15) is 4.79 Å². The minimum absolute atomic E-state index is 0.152. The maximum absolute atomic E-state index is 12.1. The molecule has 5 heteroatoms. The van der Waals surface area contributed by atoms with Gasteiger partial charge >= 0.3 is 0 Å². The smallest absolute Gasteiger partial charge is 0.222 e. The Morgan fingerprint density at radius 2 is 2.00 bits per heavy atom. The van der Waals surface area contributed by atoms with Crippen molar-refractivity contribution in [2.45, 2.75) is 33.4 Å². The molecule has 0 saturated carbocycles. The number of hydrogen-bond acceptors (Lipinski definition) is 3. The number of methoxy groups -OCH3 is 1. The van der Waals surface area contributed by atoms with Gasteiger partial charge in [0.25, 0.3) is 0 Å². The van der Waals surface area contributed by atoms with Crippen LogP contribution in [0.3, 0.4) is 0 Å². The summed E-state index contributed by atoms with van der Waals surface area (Å²) in [5, 5.41) is 0. The van der Waals surface area contributed by atoms with Crippen LogP contribution in [0, 0.1) is 5.92 Å². The first kappa shape index (κ1) is 17.1. The van der Waals surface area contributed by atoms with Crippen LogP contribution >= 0.6 is 0 Å². The van der Waals surface area contributed by atoms with Gasteiger partial charge in [-0.25, -0.2) is 4.98 Å². The van der Waals surface area contributed by atoms with E-state index < -0.39 is 0 Å². The molecule has 0 atom stereocenters. The lowest BCUT2D eigenvalue weighted by Crippen LogP contribution is -2.28. The molecule has 0 bridgehead atoms. The summed E-state index contributed by atoms with van der Waals surface area (Å²) in [6, 6.07) is 7.97. The van der Waals surface area contributed by atoms with E-state index in [1.54, 1.807) is 18.2 Å². The van der Waals surface area contributed by atoms with Crippen molar-refractivity contribution < 1.29 is 9.53 Å². The number of amides is 1. The highest BCUT2D eigenvalue weighted by Crippen LogP contribution is 2.14. The second kappa shape index (κ2) is 7.81. The monoisotopic (exact) mass is 315 g/mol. The van der Waals surface area contributed by atoms with Gasteiger partial charge in [-0.1, -0.05) is 26.0 Å². The van der Waals surface area contributed by atoms with Crippen molar-refractivity contribution in [1.82, 2.24) is 14.5 Å². The molecule has 1 aromatic heterocycles. The zero-order valence-corrected chi connectivity index (χ0v) is 14.3. The lowest BCUT2D eigenvalue weighted by molar-refractivity contribution is -0.131. The number of benzene rings is 1. The van der Waals surface area contributed by atoms with Crippen LogP contribution in [0.4, 0.5) is 0 Å². The van der Waals surface area contributed by atoms with E-state index >= 15 is 0 Å². The number of imidazole rings is 1. The van der Waals surface area contributed by atoms with Gasteiger partial charge in [0.05, 0.1) is 13.7 Å². The summed E-state index contributed by atoms with van der Waals surface area (Å²) in [6.07, 6.45) is 4.29. The normalized spacial score (nSPS) is 10.8. The van der Waals surface area contributed by atoms with Gasteiger partial charge in [0.2, 0.25) is 5.91 Å². The van der Waals surface area contributed by atoms with E-state index in [1.807, 2.05) is 37.5 Å². The largest absolute Gasteiger partial charge is 0.497 e. The fourth-order valence-corrected chi connectivity index (χ4v) is 2.37. The molecule has 2 rings (SSSR count). The summed E-state index contributed by atoms with van der Waals surface area (Å²) in [4.78, 5) is 18.2. The molecule has 2 aromatic rings. The quantitative estimate of drug-likeness (QED) is 0.789. The second-order valence-corrected chi connectivity index (χ2v) is 6.17. The Morgan fingerprint density at radius 1 is 1.30 bits per heavy atom. The zero-order chi connectivity index (χ0) is 16.8. The predicted molar refractivity (Wildman–Crippen MR) is 90.3 cm³/mol. The molecule has 0 spiro atoms. The van der Waals surface area contributed by atoms with E-state index in [2.05, 4.69) is 23.4 Å². The Labute approximate surface area is 137 Å². The number of nitrogens with zero attached hydrogens (tertiary/aromatic N) is 3. The van der Waals surface area contributed by atoms with Crippen LogP contribution in [0.2, 0.25) is 0 Å². The molecule has 1 heterocycles. The van der Waals surface area contributed by atoms with Gasteiger partial charge in [-0.15, -0.1) is 0 Å². The van der Waals surface area contributed by atoms with Crippen molar-refractivity contribution in [2.24, 2.45) is 5.92 Å². The van der Waals surface area contributed by atoms with Gasteiger partial charge in [-0.2, -0.15) is 0 Å². The lowest BCUT2D eigenvalue weighted by Gasteiger charge is -2.19. The van der Waals surface area contributed by atoms with Gasteiger partial charge in [0.15, 0.2) is 0 Å². The highest BCUT2D eigenvalue weighted by molar-refractivity contribution is 5.75. The van der Waals surface area contributed by atoms with E-state index in [0.717, 1.165) is 18.1 Å². The minimum atomic E-state index is 0.152. The molecular weight excluding hydrogens is 290 g/mol. The topological polar surface area (TPSA) is 47.4 Å². The fraction of sp³-hybridized carbons (Fsp3) is 0.444. The SMILES string of the molecule is COc1ccc(Cn2ccnc2CN(C)C(=O)CC(C)C)cc1. The number of hydrogen-bond donors (Lipinski definition) is 0. The Morgan fingerprint density at radius 3 is 2.61 bits per heavy atom. The average Bonchev–Trinajstić information content (AvgIpc) is 2.94. The zero-order valence-electron chi connectivity index (χ0n) is 14.3. The Hall–Kier alpha value is -2.30. The molecule has 0 radical (unpaired) electrons. The van der Waals surface area contributed by atoms with Gasteiger partial charge < -0.3 is 14.2 Å². The summed E-state index contributed by atoms with van der Waals surface area (Å²) >= 11 is 0. The van der Waals surface area contributed by atoms with E-state index in [4.69, 9.17) is 4.74 Å². The van der Waals surface area contributed by atoms with Gasteiger partial charge in [-0.05, 0) is 23.6 Å². The minimum Gasteiger partial charge on any atom is -0.497 e. The molecule has 1 aromatic carbocycles. The molecule has 5 nitrogen and oxygen atoms in total. The van der Waals surface area contributed by atoms with Crippen LogP contribution in [0.25, 0.3) is 0 Å². The second-order valence-electron chi connectivity index (χ2n) is 6.17. The Bertz CT molecular complexity index is 632. The number of carbonyl (C=O) groups is 1. The maximum atomic E-state index is 12.1.